The third-order valence-electron chi connectivity index (χ3n) is 6.28. The fourth-order valence-electron chi connectivity index (χ4n) is 4.36. The summed E-state index contributed by atoms with van der Waals surface area (Å²) in [6.45, 7) is 1.88. The fraction of sp³-hybridized carbons (Fsp3) is 0.269. The van der Waals surface area contributed by atoms with Crippen LogP contribution in [-0.2, 0) is 11.3 Å². The highest BCUT2D eigenvalue weighted by atomic mass is 19.1. The van der Waals surface area contributed by atoms with E-state index in [-0.39, 0.29) is 17.6 Å². The molecule has 2 aromatic heterocycles. The summed E-state index contributed by atoms with van der Waals surface area (Å²) in [6, 6.07) is 16.1. The molecule has 34 heavy (non-hydrogen) atoms. The second kappa shape index (κ2) is 9.51. The molecule has 7 nitrogen and oxygen atoms in total. The zero-order valence-electron chi connectivity index (χ0n) is 18.9. The quantitative estimate of drug-likeness (QED) is 0.471. The van der Waals surface area contributed by atoms with Gasteiger partial charge in [0, 0.05) is 43.5 Å². The van der Waals surface area contributed by atoms with E-state index in [4.69, 9.17) is 9.84 Å². The first-order valence-electron chi connectivity index (χ1n) is 11.4. The minimum absolute atomic E-state index is 0.0415. The van der Waals surface area contributed by atoms with Gasteiger partial charge in [0.1, 0.15) is 17.1 Å². The first kappa shape index (κ1) is 21.9. The standard InChI is InChI=1S/C26H26FN5O2/c1-34-22-4-2-3-20(15-22)23-16-24-25(28-11-14-32(24)30-23)31-12-9-19(10-13-31)26(33)29-17-18-5-7-21(27)8-6-18/h2-8,11,14-16,19H,9-10,12-13,17H2,1H3,(H,29,33). The maximum atomic E-state index is 13.1. The summed E-state index contributed by atoms with van der Waals surface area (Å²) in [5, 5.41) is 7.71. The van der Waals surface area contributed by atoms with Crippen LogP contribution in [0.15, 0.2) is 67.0 Å². The number of hydrogen-bond donors (Lipinski definition) is 1. The molecule has 4 aromatic rings. The van der Waals surface area contributed by atoms with E-state index in [9.17, 15) is 9.18 Å². The molecule has 0 bridgehead atoms. The van der Waals surface area contributed by atoms with E-state index in [1.807, 2.05) is 41.0 Å². The van der Waals surface area contributed by atoms with Crippen molar-refractivity contribution in [2.24, 2.45) is 5.92 Å². The van der Waals surface area contributed by atoms with E-state index < -0.39 is 0 Å². The number of halogens is 1. The summed E-state index contributed by atoms with van der Waals surface area (Å²) in [4.78, 5) is 19.5. The number of methoxy groups -OCH3 is 1. The van der Waals surface area contributed by atoms with Crippen molar-refractivity contribution < 1.29 is 13.9 Å². The van der Waals surface area contributed by atoms with Crippen molar-refractivity contribution in [1.29, 1.82) is 0 Å². The van der Waals surface area contributed by atoms with Crippen LogP contribution in [0.4, 0.5) is 10.2 Å². The second-order valence-corrected chi connectivity index (χ2v) is 8.45. The number of hydrogen-bond acceptors (Lipinski definition) is 5. The number of amides is 1. The van der Waals surface area contributed by atoms with Crippen LogP contribution in [0.3, 0.4) is 0 Å². The molecular weight excluding hydrogens is 433 g/mol. The average Bonchev–Trinajstić information content (AvgIpc) is 3.33. The van der Waals surface area contributed by atoms with Gasteiger partial charge >= 0.3 is 0 Å². The van der Waals surface area contributed by atoms with Gasteiger partial charge in [0.05, 0.1) is 12.8 Å². The number of piperidine rings is 1. The van der Waals surface area contributed by atoms with Gasteiger partial charge < -0.3 is 15.0 Å². The number of nitrogens with one attached hydrogen (secondary N) is 1. The zero-order chi connectivity index (χ0) is 23.5. The van der Waals surface area contributed by atoms with Gasteiger partial charge in [0.2, 0.25) is 5.91 Å². The van der Waals surface area contributed by atoms with Crippen LogP contribution in [0.25, 0.3) is 16.8 Å². The lowest BCUT2D eigenvalue weighted by Gasteiger charge is -2.32. The number of fused-ring (bicyclic) bond motifs is 1. The molecule has 1 aliphatic heterocycles. The Kier molecular flexibility index (Phi) is 6.12. The predicted molar refractivity (Wildman–Crippen MR) is 128 cm³/mol. The Morgan fingerprint density at radius 1 is 1.15 bits per heavy atom. The minimum atomic E-state index is -0.278. The molecule has 3 heterocycles. The van der Waals surface area contributed by atoms with Crippen LogP contribution in [0, 0.1) is 11.7 Å². The van der Waals surface area contributed by atoms with Crippen LogP contribution in [0.5, 0.6) is 5.75 Å². The summed E-state index contributed by atoms with van der Waals surface area (Å²) < 4.78 is 20.3. The van der Waals surface area contributed by atoms with Crippen molar-refractivity contribution in [3.8, 4) is 17.0 Å². The number of rotatable bonds is 6. The maximum Gasteiger partial charge on any atom is 0.223 e. The summed E-state index contributed by atoms with van der Waals surface area (Å²) >= 11 is 0. The van der Waals surface area contributed by atoms with Crippen LogP contribution < -0.4 is 15.0 Å². The summed E-state index contributed by atoms with van der Waals surface area (Å²) in [6.07, 6.45) is 5.09. The van der Waals surface area contributed by atoms with Gasteiger partial charge in [-0.2, -0.15) is 5.10 Å². The van der Waals surface area contributed by atoms with Crippen LogP contribution in [0.2, 0.25) is 0 Å². The van der Waals surface area contributed by atoms with Crippen molar-refractivity contribution in [3.05, 3.63) is 78.4 Å². The molecule has 1 N–H and O–H groups in total. The normalized spacial score (nSPS) is 14.4. The maximum absolute atomic E-state index is 13.1. The van der Waals surface area contributed by atoms with E-state index in [1.165, 1.54) is 12.1 Å². The molecule has 1 saturated heterocycles. The lowest BCUT2D eigenvalue weighted by atomic mass is 9.95. The van der Waals surface area contributed by atoms with Crippen LogP contribution in [-0.4, -0.2) is 40.7 Å². The Morgan fingerprint density at radius 2 is 1.94 bits per heavy atom. The Morgan fingerprint density at radius 3 is 2.71 bits per heavy atom. The number of benzene rings is 2. The molecular formula is C26H26FN5O2. The van der Waals surface area contributed by atoms with Gasteiger partial charge in [0.25, 0.3) is 0 Å². The summed E-state index contributed by atoms with van der Waals surface area (Å²) in [5.41, 5.74) is 3.64. The van der Waals surface area contributed by atoms with E-state index >= 15 is 0 Å². The van der Waals surface area contributed by atoms with E-state index in [2.05, 4.69) is 15.2 Å². The topological polar surface area (TPSA) is 71.8 Å². The van der Waals surface area contributed by atoms with Gasteiger partial charge in [-0.3, -0.25) is 4.79 Å². The number of aromatic nitrogens is 3. The number of carbonyl (C=O) groups excluding carboxylic acids is 1. The van der Waals surface area contributed by atoms with Crippen LogP contribution in [0.1, 0.15) is 18.4 Å². The Labute approximate surface area is 197 Å². The first-order valence-corrected chi connectivity index (χ1v) is 11.4. The van der Waals surface area contributed by atoms with Gasteiger partial charge in [-0.15, -0.1) is 0 Å². The summed E-state index contributed by atoms with van der Waals surface area (Å²) in [7, 11) is 1.65. The largest absolute Gasteiger partial charge is 0.497 e. The van der Waals surface area contributed by atoms with E-state index in [1.54, 1.807) is 25.4 Å². The van der Waals surface area contributed by atoms with Gasteiger partial charge in [0.15, 0.2) is 5.82 Å². The Hall–Kier alpha value is -3.94. The molecule has 0 radical (unpaired) electrons. The highest BCUT2D eigenvalue weighted by Gasteiger charge is 2.26. The van der Waals surface area contributed by atoms with Gasteiger partial charge in [-0.1, -0.05) is 24.3 Å². The number of nitrogens with zero attached hydrogens (tertiary/aromatic N) is 4. The average molecular weight is 460 g/mol. The molecule has 1 amide bonds. The lowest BCUT2D eigenvalue weighted by Crippen LogP contribution is -2.40. The smallest absolute Gasteiger partial charge is 0.223 e. The molecule has 1 fully saturated rings. The Balaban J connectivity index is 1.26. The zero-order valence-corrected chi connectivity index (χ0v) is 18.9. The molecule has 0 atom stereocenters. The Bertz CT molecular complexity index is 1300. The third kappa shape index (κ3) is 4.57. The highest BCUT2D eigenvalue weighted by molar-refractivity contribution is 5.79. The summed E-state index contributed by atoms with van der Waals surface area (Å²) in [5.74, 6) is 1.37. The van der Waals surface area contributed by atoms with Crippen molar-refractivity contribution >= 4 is 17.2 Å². The van der Waals surface area contributed by atoms with Gasteiger partial charge in [-0.05, 0) is 48.7 Å². The number of anilines is 1. The van der Waals surface area contributed by atoms with Gasteiger partial charge in [-0.25, -0.2) is 13.9 Å². The van der Waals surface area contributed by atoms with Crippen molar-refractivity contribution in [2.75, 3.05) is 25.1 Å². The molecule has 1 aliphatic rings. The van der Waals surface area contributed by atoms with Crippen molar-refractivity contribution in [3.63, 3.8) is 0 Å². The van der Waals surface area contributed by atoms with Crippen molar-refractivity contribution in [1.82, 2.24) is 19.9 Å². The molecule has 0 unspecified atom stereocenters. The highest BCUT2D eigenvalue weighted by Crippen LogP contribution is 2.29. The molecule has 174 valence electrons. The minimum Gasteiger partial charge on any atom is -0.497 e. The third-order valence-corrected chi connectivity index (χ3v) is 6.28. The molecule has 2 aromatic carbocycles. The number of carbonyl (C=O) groups is 1. The molecule has 0 aliphatic carbocycles. The van der Waals surface area contributed by atoms with E-state index in [0.29, 0.717) is 6.54 Å². The monoisotopic (exact) mass is 459 g/mol. The molecule has 8 heteroatoms. The molecule has 0 spiro atoms. The fourth-order valence-corrected chi connectivity index (χ4v) is 4.36. The number of ether oxygens (including phenoxy) is 1. The van der Waals surface area contributed by atoms with Crippen molar-refractivity contribution in [2.45, 2.75) is 19.4 Å². The lowest BCUT2D eigenvalue weighted by molar-refractivity contribution is -0.125. The molecule has 5 rings (SSSR count). The molecule has 0 saturated carbocycles. The first-order chi connectivity index (χ1) is 16.6. The SMILES string of the molecule is COc1cccc(-c2cc3c(N4CCC(C(=O)NCc5ccc(F)cc5)CC4)nccn3n2)c1. The van der Waals surface area contributed by atoms with Crippen LogP contribution >= 0.6 is 0 Å². The second-order valence-electron chi connectivity index (χ2n) is 8.45. The predicted octanol–water partition coefficient (Wildman–Crippen LogP) is 4.08. The van der Waals surface area contributed by atoms with E-state index in [0.717, 1.165) is 59.8 Å².